The van der Waals surface area contributed by atoms with Crippen molar-refractivity contribution in [3.63, 3.8) is 0 Å². The summed E-state index contributed by atoms with van der Waals surface area (Å²) in [6.07, 6.45) is 6.70. The summed E-state index contributed by atoms with van der Waals surface area (Å²) in [5, 5.41) is 9.38. The minimum Gasteiger partial charge on any atom is -0.334 e. The Hall–Kier alpha value is -2.37. The van der Waals surface area contributed by atoms with Crippen LogP contribution in [-0.2, 0) is 13.6 Å². The van der Waals surface area contributed by atoms with Gasteiger partial charge in [-0.1, -0.05) is 0 Å². The van der Waals surface area contributed by atoms with Gasteiger partial charge in [-0.2, -0.15) is 5.10 Å². The van der Waals surface area contributed by atoms with E-state index in [-0.39, 0.29) is 6.03 Å². The molecule has 0 aliphatic heterocycles. The molecule has 2 amide bonds. The summed E-state index contributed by atoms with van der Waals surface area (Å²) < 4.78 is 1.62. The molecule has 0 unspecified atom stereocenters. The molecule has 0 atom stereocenters. The second kappa shape index (κ2) is 5.11. The number of nitrogens with zero attached hydrogens (tertiary/aromatic N) is 3. The standard InChI is InChI=1S/C11H13N5O/c1-16-8-10(7-14-16)15-11(17)13-6-9-2-4-12-5-3-9/h2-5,7-8H,6H2,1H3,(H2,13,15,17). The van der Waals surface area contributed by atoms with Gasteiger partial charge < -0.3 is 10.6 Å². The molecule has 0 aliphatic rings. The van der Waals surface area contributed by atoms with E-state index in [1.165, 1.54) is 0 Å². The molecule has 17 heavy (non-hydrogen) atoms. The zero-order valence-corrected chi connectivity index (χ0v) is 9.42. The molecular formula is C11H13N5O. The van der Waals surface area contributed by atoms with Crippen LogP contribution < -0.4 is 10.6 Å². The molecular weight excluding hydrogens is 218 g/mol. The number of aryl methyl sites for hydroxylation is 1. The smallest absolute Gasteiger partial charge is 0.319 e. The Labute approximate surface area is 98.7 Å². The second-order valence-corrected chi connectivity index (χ2v) is 3.57. The number of hydrogen-bond donors (Lipinski definition) is 2. The number of amides is 2. The second-order valence-electron chi connectivity index (χ2n) is 3.57. The van der Waals surface area contributed by atoms with Crippen molar-refractivity contribution >= 4 is 11.7 Å². The average Bonchev–Trinajstić information content (AvgIpc) is 2.73. The van der Waals surface area contributed by atoms with E-state index in [9.17, 15) is 4.79 Å². The molecule has 0 saturated heterocycles. The maximum Gasteiger partial charge on any atom is 0.319 e. The Morgan fingerprint density at radius 3 is 2.82 bits per heavy atom. The van der Waals surface area contributed by atoms with E-state index in [1.54, 1.807) is 36.5 Å². The van der Waals surface area contributed by atoms with Crippen molar-refractivity contribution in [1.82, 2.24) is 20.1 Å². The molecule has 0 saturated carbocycles. The van der Waals surface area contributed by atoms with Gasteiger partial charge in [0.1, 0.15) is 0 Å². The van der Waals surface area contributed by atoms with Gasteiger partial charge in [-0.05, 0) is 17.7 Å². The number of hydrogen-bond acceptors (Lipinski definition) is 3. The van der Waals surface area contributed by atoms with Crippen molar-refractivity contribution in [2.75, 3.05) is 5.32 Å². The van der Waals surface area contributed by atoms with Crippen LogP contribution in [-0.4, -0.2) is 20.8 Å². The van der Waals surface area contributed by atoms with Gasteiger partial charge in [0, 0.05) is 32.2 Å². The normalized spacial score (nSPS) is 9.94. The highest BCUT2D eigenvalue weighted by molar-refractivity contribution is 5.88. The van der Waals surface area contributed by atoms with Crippen molar-refractivity contribution in [2.24, 2.45) is 7.05 Å². The lowest BCUT2D eigenvalue weighted by Gasteiger charge is -2.05. The van der Waals surface area contributed by atoms with Crippen LogP contribution in [0.5, 0.6) is 0 Å². The monoisotopic (exact) mass is 231 g/mol. The van der Waals surface area contributed by atoms with Crippen LogP contribution in [0.4, 0.5) is 10.5 Å². The lowest BCUT2D eigenvalue weighted by Crippen LogP contribution is -2.27. The van der Waals surface area contributed by atoms with Gasteiger partial charge in [-0.25, -0.2) is 4.79 Å². The summed E-state index contributed by atoms with van der Waals surface area (Å²) >= 11 is 0. The summed E-state index contributed by atoms with van der Waals surface area (Å²) in [5.41, 5.74) is 1.67. The van der Waals surface area contributed by atoms with E-state index < -0.39 is 0 Å². The van der Waals surface area contributed by atoms with E-state index in [0.717, 1.165) is 5.56 Å². The van der Waals surface area contributed by atoms with Gasteiger partial charge in [-0.15, -0.1) is 0 Å². The molecule has 0 spiro atoms. The van der Waals surface area contributed by atoms with Gasteiger partial charge >= 0.3 is 6.03 Å². The fraction of sp³-hybridized carbons (Fsp3) is 0.182. The molecule has 0 radical (unpaired) electrons. The van der Waals surface area contributed by atoms with Crippen molar-refractivity contribution in [1.29, 1.82) is 0 Å². The maximum atomic E-state index is 11.5. The minimum atomic E-state index is -0.255. The summed E-state index contributed by atoms with van der Waals surface area (Å²) in [6.45, 7) is 0.467. The largest absolute Gasteiger partial charge is 0.334 e. The Morgan fingerprint density at radius 2 is 2.18 bits per heavy atom. The van der Waals surface area contributed by atoms with E-state index in [4.69, 9.17) is 0 Å². The third-order valence-electron chi connectivity index (χ3n) is 2.17. The molecule has 2 aromatic rings. The molecule has 2 heterocycles. The SMILES string of the molecule is Cn1cc(NC(=O)NCc2ccncc2)cn1. The van der Waals surface area contributed by atoms with Crippen molar-refractivity contribution in [3.8, 4) is 0 Å². The van der Waals surface area contributed by atoms with E-state index in [2.05, 4.69) is 20.7 Å². The van der Waals surface area contributed by atoms with Crippen molar-refractivity contribution in [2.45, 2.75) is 6.54 Å². The number of pyridine rings is 1. The molecule has 88 valence electrons. The van der Waals surface area contributed by atoms with E-state index in [1.807, 2.05) is 12.1 Å². The molecule has 2 rings (SSSR count). The first kappa shape index (κ1) is 11.1. The molecule has 2 N–H and O–H groups in total. The highest BCUT2D eigenvalue weighted by atomic mass is 16.2. The van der Waals surface area contributed by atoms with E-state index in [0.29, 0.717) is 12.2 Å². The van der Waals surface area contributed by atoms with Crippen LogP contribution in [0.1, 0.15) is 5.56 Å². The predicted molar refractivity (Wildman–Crippen MR) is 63.3 cm³/mol. The first-order chi connectivity index (χ1) is 8.24. The van der Waals surface area contributed by atoms with Gasteiger partial charge in [0.2, 0.25) is 0 Å². The number of anilines is 1. The van der Waals surface area contributed by atoms with Crippen LogP contribution in [0, 0.1) is 0 Å². The van der Waals surface area contributed by atoms with Crippen LogP contribution in [0.3, 0.4) is 0 Å². The minimum absolute atomic E-state index is 0.255. The number of carbonyl (C=O) groups is 1. The van der Waals surface area contributed by atoms with Crippen LogP contribution in [0.15, 0.2) is 36.9 Å². The fourth-order valence-corrected chi connectivity index (χ4v) is 1.34. The molecule has 2 aromatic heterocycles. The molecule has 0 aromatic carbocycles. The Balaban J connectivity index is 1.82. The average molecular weight is 231 g/mol. The summed E-state index contributed by atoms with van der Waals surface area (Å²) in [7, 11) is 1.79. The van der Waals surface area contributed by atoms with E-state index >= 15 is 0 Å². The van der Waals surface area contributed by atoms with Crippen LogP contribution >= 0.6 is 0 Å². The van der Waals surface area contributed by atoms with Gasteiger partial charge in [0.25, 0.3) is 0 Å². The molecule has 6 nitrogen and oxygen atoms in total. The first-order valence-electron chi connectivity index (χ1n) is 5.16. The predicted octanol–water partition coefficient (Wildman–Crippen LogP) is 1.14. The van der Waals surface area contributed by atoms with Crippen LogP contribution in [0.2, 0.25) is 0 Å². The van der Waals surface area contributed by atoms with Crippen LogP contribution in [0.25, 0.3) is 0 Å². The number of aromatic nitrogens is 3. The molecule has 6 heteroatoms. The van der Waals surface area contributed by atoms with Gasteiger partial charge in [0.05, 0.1) is 11.9 Å². The zero-order chi connectivity index (χ0) is 12.1. The Bertz CT molecular complexity index is 494. The van der Waals surface area contributed by atoms with Crippen molar-refractivity contribution < 1.29 is 4.79 Å². The first-order valence-corrected chi connectivity index (χ1v) is 5.16. The summed E-state index contributed by atoms with van der Waals surface area (Å²) in [4.78, 5) is 15.4. The number of rotatable bonds is 3. The number of urea groups is 1. The lowest BCUT2D eigenvalue weighted by molar-refractivity contribution is 0.251. The number of carbonyl (C=O) groups excluding carboxylic acids is 1. The number of nitrogens with one attached hydrogen (secondary N) is 2. The van der Waals surface area contributed by atoms with Crippen molar-refractivity contribution in [3.05, 3.63) is 42.5 Å². The van der Waals surface area contributed by atoms with Gasteiger partial charge in [-0.3, -0.25) is 9.67 Å². The quantitative estimate of drug-likeness (QED) is 0.832. The topological polar surface area (TPSA) is 71.8 Å². The fourth-order valence-electron chi connectivity index (χ4n) is 1.34. The third kappa shape index (κ3) is 3.30. The summed E-state index contributed by atoms with van der Waals surface area (Å²) in [5.74, 6) is 0. The summed E-state index contributed by atoms with van der Waals surface area (Å²) in [6, 6.07) is 3.45. The third-order valence-corrected chi connectivity index (χ3v) is 2.17. The Kier molecular flexibility index (Phi) is 3.34. The zero-order valence-electron chi connectivity index (χ0n) is 9.42. The van der Waals surface area contributed by atoms with Gasteiger partial charge in [0.15, 0.2) is 0 Å². The lowest BCUT2D eigenvalue weighted by atomic mass is 10.3. The Morgan fingerprint density at radius 1 is 1.41 bits per heavy atom. The molecule has 0 fully saturated rings. The highest BCUT2D eigenvalue weighted by Crippen LogP contribution is 2.02. The highest BCUT2D eigenvalue weighted by Gasteiger charge is 2.02. The maximum absolute atomic E-state index is 11.5. The molecule has 0 bridgehead atoms. The molecule has 0 aliphatic carbocycles.